The van der Waals surface area contributed by atoms with E-state index in [9.17, 15) is 0 Å². The van der Waals surface area contributed by atoms with Crippen molar-refractivity contribution < 1.29 is 20.1 Å². The van der Waals surface area contributed by atoms with Gasteiger partial charge >= 0.3 is 0 Å². The van der Waals surface area contributed by atoms with Crippen LogP contribution in [0.15, 0.2) is 128 Å². The predicted octanol–water partition coefficient (Wildman–Crippen LogP) is 7.98. The van der Waals surface area contributed by atoms with Crippen molar-refractivity contribution >= 4 is 0 Å². The zero-order chi connectivity index (χ0) is 23.8. The molecule has 3 aromatic carbocycles. The van der Waals surface area contributed by atoms with Crippen molar-refractivity contribution in [3.63, 3.8) is 0 Å². The number of benzene rings is 3. The van der Waals surface area contributed by atoms with E-state index in [1.54, 1.807) is 6.20 Å². The average Bonchev–Trinajstić information content (AvgIpc) is 2.92. The Hall–Kier alpha value is -3.39. The summed E-state index contributed by atoms with van der Waals surface area (Å²) in [6.45, 7) is 4.45. The molecule has 0 unspecified atom stereocenters. The number of hydrogen-bond donors (Lipinski definition) is 0. The minimum Gasteiger partial charge on any atom is -0.305 e. The summed E-state index contributed by atoms with van der Waals surface area (Å²) in [6.07, 6.45) is 6.63. The number of aromatic nitrogens is 2. The van der Waals surface area contributed by atoms with Gasteiger partial charge in [0.2, 0.25) is 0 Å². The molecule has 2 aromatic heterocycles. The molecule has 2 nitrogen and oxygen atoms in total. The van der Waals surface area contributed by atoms with Crippen LogP contribution in [0.2, 0.25) is 0 Å². The number of rotatable bonds is 4. The Labute approximate surface area is 223 Å². The average molecular weight is 635 g/mol. The smallest absolute Gasteiger partial charge is 0.0270 e. The van der Waals surface area contributed by atoms with Crippen LogP contribution in [0.4, 0.5) is 0 Å². The van der Waals surface area contributed by atoms with Crippen molar-refractivity contribution in [2.45, 2.75) is 20.3 Å². The molecule has 5 aromatic rings. The fraction of sp³-hybridized carbons (Fsp3) is 0.125. The second-order valence-electron chi connectivity index (χ2n) is 8.10. The van der Waals surface area contributed by atoms with Crippen LogP contribution in [0.5, 0.6) is 0 Å². The normalized spacial score (nSPS) is 9.57. The van der Waals surface area contributed by atoms with Gasteiger partial charge in [0.25, 0.3) is 0 Å². The Bertz CT molecular complexity index is 1010. The summed E-state index contributed by atoms with van der Waals surface area (Å²) in [4.78, 5) is 8.17. The summed E-state index contributed by atoms with van der Waals surface area (Å²) in [5, 5.41) is 0. The molecule has 0 fully saturated rings. The van der Waals surface area contributed by atoms with Crippen molar-refractivity contribution in [1.82, 2.24) is 9.97 Å². The van der Waals surface area contributed by atoms with E-state index in [0.717, 1.165) is 23.6 Å². The molecule has 0 atom stereocenters. The monoisotopic (exact) mass is 635 g/mol. The van der Waals surface area contributed by atoms with Crippen molar-refractivity contribution in [1.29, 1.82) is 0 Å². The van der Waals surface area contributed by atoms with Gasteiger partial charge in [-0.3, -0.25) is 4.98 Å². The first-order valence-electron chi connectivity index (χ1n) is 11.5. The minimum atomic E-state index is 0. The van der Waals surface area contributed by atoms with E-state index < -0.39 is 0 Å². The summed E-state index contributed by atoms with van der Waals surface area (Å²) in [5.41, 5.74) is 5.89. The van der Waals surface area contributed by atoms with Crippen molar-refractivity contribution in [3.8, 4) is 22.4 Å². The molecular weight excluding hydrogens is 605 g/mol. The minimum absolute atomic E-state index is 0. The van der Waals surface area contributed by atoms with Gasteiger partial charge in [0.1, 0.15) is 0 Å². The summed E-state index contributed by atoms with van der Waals surface area (Å²) in [7, 11) is 0. The van der Waals surface area contributed by atoms with Gasteiger partial charge in [-0.15, -0.1) is 41.5 Å². The molecule has 0 spiro atoms. The number of pyridine rings is 2. The van der Waals surface area contributed by atoms with E-state index in [4.69, 9.17) is 0 Å². The Morgan fingerprint density at radius 2 is 1.31 bits per heavy atom. The summed E-state index contributed by atoms with van der Waals surface area (Å²) in [6, 6.07) is 42.3. The second-order valence-corrected chi connectivity index (χ2v) is 8.10. The topological polar surface area (TPSA) is 25.8 Å². The van der Waals surface area contributed by atoms with E-state index >= 15 is 0 Å². The molecule has 0 amide bonds. The molecule has 0 bridgehead atoms. The SMILES string of the molecule is CC(C)Cc1ccncc1.[Ir].[c-]1ccc(-c2ccccc2)cc1.[c-]1ccccc1-c1ccccn1. The summed E-state index contributed by atoms with van der Waals surface area (Å²) < 4.78 is 0. The third kappa shape index (κ3) is 10.6. The van der Waals surface area contributed by atoms with E-state index in [1.165, 1.54) is 16.7 Å². The maximum absolute atomic E-state index is 4.22. The van der Waals surface area contributed by atoms with Gasteiger partial charge in [-0.05, 0) is 47.4 Å². The Morgan fingerprint density at radius 3 is 1.91 bits per heavy atom. The first-order chi connectivity index (χ1) is 16.7. The van der Waals surface area contributed by atoms with Crippen molar-refractivity contribution in [2.24, 2.45) is 5.92 Å². The fourth-order valence-corrected chi connectivity index (χ4v) is 3.27. The Kier molecular flexibility index (Phi) is 12.9. The molecule has 0 aliphatic carbocycles. The maximum Gasteiger partial charge on any atom is 0.0270 e. The van der Waals surface area contributed by atoms with Gasteiger partial charge in [0.15, 0.2) is 0 Å². The molecule has 35 heavy (non-hydrogen) atoms. The summed E-state index contributed by atoms with van der Waals surface area (Å²) >= 11 is 0. The Balaban J connectivity index is 0.000000184. The van der Waals surface area contributed by atoms with Gasteiger partial charge in [-0.1, -0.05) is 56.3 Å². The zero-order valence-electron chi connectivity index (χ0n) is 20.1. The quantitative estimate of drug-likeness (QED) is 0.188. The van der Waals surface area contributed by atoms with Crippen molar-refractivity contribution in [3.05, 3.63) is 145 Å². The number of hydrogen-bond acceptors (Lipinski definition) is 2. The molecule has 0 aliphatic heterocycles. The predicted molar refractivity (Wildman–Crippen MR) is 142 cm³/mol. The molecule has 3 heteroatoms. The molecule has 1 radical (unpaired) electrons. The van der Waals surface area contributed by atoms with Gasteiger partial charge in [-0.25, -0.2) is 0 Å². The van der Waals surface area contributed by atoms with E-state index in [0.29, 0.717) is 0 Å². The van der Waals surface area contributed by atoms with Crippen molar-refractivity contribution in [2.75, 3.05) is 0 Å². The molecule has 179 valence electrons. The Morgan fingerprint density at radius 1 is 0.657 bits per heavy atom. The van der Waals surface area contributed by atoms with Gasteiger partial charge < -0.3 is 4.98 Å². The molecule has 5 rings (SSSR count). The van der Waals surface area contributed by atoms with Crippen LogP contribution in [0.25, 0.3) is 22.4 Å². The van der Waals surface area contributed by atoms with Gasteiger partial charge in [-0.2, -0.15) is 30.3 Å². The van der Waals surface area contributed by atoms with Crippen LogP contribution in [-0.2, 0) is 26.5 Å². The van der Waals surface area contributed by atoms with Crippen LogP contribution < -0.4 is 0 Å². The van der Waals surface area contributed by atoms with E-state index in [-0.39, 0.29) is 20.1 Å². The van der Waals surface area contributed by atoms with Crippen LogP contribution in [0.3, 0.4) is 0 Å². The van der Waals surface area contributed by atoms with Crippen LogP contribution in [-0.4, -0.2) is 9.97 Å². The maximum atomic E-state index is 4.22. The van der Waals surface area contributed by atoms with E-state index in [2.05, 4.69) is 72.3 Å². The van der Waals surface area contributed by atoms with Crippen LogP contribution >= 0.6 is 0 Å². The third-order valence-corrected chi connectivity index (χ3v) is 4.87. The largest absolute Gasteiger partial charge is 0.305 e. The van der Waals surface area contributed by atoms with Gasteiger partial charge in [0.05, 0.1) is 0 Å². The van der Waals surface area contributed by atoms with Crippen LogP contribution in [0.1, 0.15) is 19.4 Å². The first-order valence-corrected chi connectivity index (χ1v) is 11.5. The molecular formula is C32H30IrN2-2. The molecule has 0 N–H and O–H groups in total. The van der Waals surface area contributed by atoms with Crippen LogP contribution in [0, 0.1) is 18.1 Å². The standard InChI is InChI=1S/C12H9.C11H8N.C9H13N.Ir/c1-3-7-11(8-4-1)12-9-5-2-6-10-12;1-2-6-10(7-3-1)11-8-4-5-9-12-11;1-8(2)7-9-3-5-10-6-4-9;/h1,3-10H;1-6,8-9H;3-6,8H,7H2,1-2H3;/q2*-1;;. The fourth-order valence-electron chi connectivity index (χ4n) is 3.27. The molecule has 0 saturated carbocycles. The van der Waals surface area contributed by atoms with Gasteiger partial charge in [0, 0.05) is 38.7 Å². The zero-order valence-corrected chi connectivity index (χ0v) is 22.5. The molecule has 0 aliphatic rings. The molecule has 0 saturated heterocycles. The molecule has 2 heterocycles. The third-order valence-electron chi connectivity index (χ3n) is 4.87. The number of nitrogens with zero attached hydrogens (tertiary/aromatic N) is 2. The first kappa shape index (κ1) is 27.9. The van der Waals surface area contributed by atoms with E-state index in [1.807, 2.05) is 85.2 Å². The second kappa shape index (κ2) is 16.3. The summed E-state index contributed by atoms with van der Waals surface area (Å²) in [5.74, 6) is 0.738.